The van der Waals surface area contributed by atoms with Crippen molar-refractivity contribution in [1.29, 1.82) is 0 Å². The van der Waals surface area contributed by atoms with Crippen molar-refractivity contribution in [3.63, 3.8) is 0 Å². The Morgan fingerprint density at radius 1 is 0.294 bits per heavy atom. The first kappa shape index (κ1) is 65.4. The molecule has 1 atom stereocenters. The summed E-state index contributed by atoms with van der Waals surface area (Å²) in [5.41, 5.74) is 0. The highest BCUT2D eigenvalue weighted by atomic mass is 16.6. The standard InChI is InChI=1S/C62H112O6/c1-4-7-10-13-16-19-22-25-27-28-29-30-31-32-33-34-36-37-40-43-46-49-52-55-61(64)67-58-59(57-66-60(63)54-51-48-45-42-39-24-21-18-15-12-9-6-3)68-62(65)56-53-50-47-44-41-38-35-26-23-20-17-14-11-8-5-2/h18,21-22,25,28-29,31-32,59H,4-17,19-20,23-24,26-27,30,33-58H2,1-3H3/b21-18-,25-22-,29-28-,32-31-. The molecule has 0 amide bonds. The average molecular weight is 954 g/mol. The smallest absolute Gasteiger partial charge is 0.306 e. The van der Waals surface area contributed by atoms with Crippen LogP contribution in [0.2, 0.25) is 0 Å². The van der Waals surface area contributed by atoms with Crippen molar-refractivity contribution in [3.05, 3.63) is 48.6 Å². The second-order valence-electron chi connectivity index (χ2n) is 19.9. The second-order valence-corrected chi connectivity index (χ2v) is 19.9. The van der Waals surface area contributed by atoms with Gasteiger partial charge in [-0.3, -0.25) is 14.4 Å². The van der Waals surface area contributed by atoms with Gasteiger partial charge in [0.15, 0.2) is 6.10 Å². The molecular formula is C62H112O6. The van der Waals surface area contributed by atoms with E-state index in [9.17, 15) is 14.4 Å². The number of hydrogen-bond donors (Lipinski definition) is 0. The lowest BCUT2D eigenvalue weighted by molar-refractivity contribution is -0.167. The molecule has 0 heterocycles. The quantitative estimate of drug-likeness (QED) is 0.0262. The summed E-state index contributed by atoms with van der Waals surface area (Å²) >= 11 is 0. The molecule has 0 aromatic carbocycles. The predicted octanol–water partition coefficient (Wildman–Crippen LogP) is 19.8. The van der Waals surface area contributed by atoms with Gasteiger partial charge in [0.2, 0.25) is 0 Å². The number of unbranched alkanes of at least 4 members (excludes halogenated alkanes) is 35. The fourth-order valence-electron chi connectivity index (χ4n) is 8.56. The highest BCUT2D eigenvalue weighted by Crippen LogP contribution is 2.16. The van der Waals surface area contributed by atoms with Crippen LogP contribution >= 0.6 is 0 Å². The van der Waals surface area contributed by atoms with Gasteiger partial charge in [0, 0.05) is 19.3 Å². The lowest BCUT2D eigenvalue weighted by atomic mass is 10.0. The van der Waals surface area contributed by atoms with Crippen LogP contribution in [-0.2, 0) is 28.6 Å². The summed E-state index contributed by atoms with van der Waals surface area (Å²) in [5.74, 6) is -0.877. The maximum absolute atomic E-state index is 12.8. The van der Waals surface area contributed by atoms with Crippen molar-refractivity contribution < 1.29 is 28.6 Å². The Morgan fingerprint density at radius 2 is 0.529 bits per heavy atom. The van der Waals surface area contributed by atoms with Crippen LogP contribution in [0.5, 0.6) is 0 Å². The van der Waals surface area contributed by atoms with Crippen molar-refractivity contribution in [3.8, 4) is 0 Å². The molecule has 0 aliphatic rings. The first-order valence-corrected chi connectivity index (χ1v) is 29.6. The van der Waals surface area contributed by atoms with E-state index >= 15 is 0 Å². The summed E-state index contributed by atoms with van der Waals surface area (Å²) in [6.07, 6.45) is 69.6. The molecule has 396 valence electrons. The Hall–Kier alpha value is -2.63. The van der Waals surface area contributed by atoms with E-state index in [4.69, 9.17) is 14.2 Å². The molecule has 0 aromatic rings. The van der Waals surface area contributed by atoms with E-state index < -0.39 is 6.10 Å². The maximum atomic E-state index is 12.8. The van der Waals surface area contributed by atoms with Gasteiger partial charge in [-0.25, -0.2) is 0 Å². The van der Waals surface area contributed by atoms with Crippen LogP contribution < -0.4 is 0 Å². The van der Waals surface area contributed by atoms with Crippen LogP contribution in [-0.4, -0.2) is 37.2 Å². The highest BCUT2D eigenvalue weighted by Gasteiger charge is 2.19. The fraction of sp³-hybridized carbons (Fsp3) is 0.823. The highest BCUT2D eigenvalue weighted by molar-refractivity contribution is 5.71. The monoisotopic (exact) mass is 953 g/mol. The summed E-state index contributed by atoms with van der Waals surface area (Å²) in [7, 11) is 0. The molecule has 1 unspecified atom stereocenters. The van der Waals surface area contributed by atoms with Gasteiger partial charge in [-0.05, 0) is 83.5 Å². The minimum Gasteiger partial charge on any atom is -0.462 e. The number of rotatable bonds is 54. The maximum Gasteiger partial charge on any atom is 0.306 e. The lowest BCUT2D eigenvalue weighted by Crippen LogP contribution is -2.30. The van der Waals surface area contributed by atoms with E-state index in [1.165, 1.54) is 186 Å². The third-order valence-corrected chi connectivity index (χ3v) is 13.1. The number of allylic oxidation sites excluding steroid dienone is 8. The van der Waals surface area contributed by atoms with E-state index in [2.05, 4.69) is 69.4 Å². The second kappa shape index (κ2) is 57.0. The summed E-state index contributed by atoms with van der Waals surface area (Å²) < 4.78 is 16.9. The summed E-state index contributed by atoms with van der Waals surface area (Å²) in [4.78, 5) is 38.1. The van der Waals surface area contributed by atoms with Gasteiger partial charge >= 0.3 is 17.9 Å². The molecular weight excluding hydrogens is 841 g/mol. The summed E-state index contributed by atoms with van der Waals surface area (Å²) in [6.45, 7) is 6.62. The molecule has 0 spiro atoms. The number of carbonyl (C=O) groups excluding carboxylic acids is 3. The molecule has 0 aliphatic carbocycles. The van der Waals surface area contributed by atoms with Crippen molar-refractivity contribution >= 4 is 17.9 Å². The Labute approximate surface area is 422 Å². The van der Waals surface area contributed by atoms with E-state index in [0.29, 0.717) is 19.3 Å². The van der Waals surface area contributed by atoms with Gasteiger partial charge < -0.3 is 14.2 Å². The van der Waals surface area contributed by atoms with E-state index in [-0.39, 0.29) is 31.1 Å². The number of esters is 3. The normalized spacial score (nSPS) is 12.3. The SMILES string of the molecule is CCCCC/C=C\CCCCCCCC(=O)OCC(COC(=O)CCCCCCCCCC/C=C\C/C=C\C/C=C\CCCCCCC)OC(=O)CCCCCCCCCCCCCCCCC. The van der Waals surface area contributed by atoms with Crippen LogP contribution in [0.15, 0.2) is 48.6 Å². The Morgan fingerprint density at radius 3 is 0.868 bits per heavy atom. The molecule has 0 bridgehead atoms. The van der Waals surface area contributed by atoms with Gasteiger partial charge in [-0.1, -0.05) is 256 Å². The van der Waals surface area contributed by atoms with Gasteiger partial charge in [0.1, 0.15) is 13.2 Å². The largest absolute Gasteiger partial charge is 0.462 e. The van der Waals surface area contributed by atoms with E-state index in [1.54, 1.807) is 0 Å². The predicted molar refractivity (Wildman–Crippen MR) is 293 cm³/mol. The molecule has 0 N–H and O–H groups in total. The van der Waals surface area contributed by atoms with Gasteiger partial charge in [-0.2, -0.15) is 0 Å². The average Bonchev–Trinajstić information content (AvgIpc) is 3.34. The van der Waals surface area contributed by atoms with E-state index in [1.807, 2.05) is 0 Å². The first-order valence-electron chi connectivity index (χ1n) is 29.6. The molecule has 0 saturated carbocycles. The van der Waals surface area contributed by atoms with Crippen molar-refractivity contribution in [2.24, 2.45) is 0 Å². The minimum absolute atomic E-state index is 0.0768. The molecule has 6 nitrogen and oxygen atoms in total. The molecule has 0 aromatic heterocycles. The Bertz CT molecular complexity index is 1190. The Kier molecular flexibility index (Phi) is 54.8. The first-order chi connectivity index (χ1) is 33.5. The molecule has 0 radical (unpaired) electrons. The van der Waals surface area contributed by atoms with E-state index in [0.717, 1.165) is 83.5 Å². The van der Waals surface area contributed by atoms with Crippen molar-refractivity contribution in [2.45, 2.75) is 316 Å². The van der Waals surface area contributed by atoms with Crippen molar-refractivity contribution in [1.82, 2.24) is 0 Å². The molecule has 0 rings (SSSR count). The topological polar surface area (TPSA) is 78.9 Å². The van der Waals surface area contributed by atoms with Crippen LogP contribution in [0.4, 0.5) is 0 Å². The Balaban J connectivity index is 4.30. The zero-order valence-corrected chi connectivity index (χ0v) is 45.4. The third kappa shape index (κ3) is 54.3. The van der Waals surface area contributed by atoms with Crippen LogP contribution in [0.3, 0.4) is 0 Å². The number of carbonyl (C=O) groups is 3. The third-order valence-electron chi connectivity index (χ3n) is 13.1. The van der Waals surface area contributed by atoms with Crippen molar-refractivity contribution in [2.75, 3.05) is 13.2 Å². The molecule has 6 heteroatoms. The van der Waals surface area contributed by atoms with Gasteiger partial charge in [0.05, 0.1) is 0 Å². The lowest BCUT2D eigenvalue weighted by Gasteiger charge is -2.18. The summed E-state index contributed by atoms with van der Waals surface area (Å²) in [5, 5.41) is 0. The molecule has 0 fully saturated rings. The van der Waals surface area contributed by atoms with Gasteiger partial charge in [-0.15, -0.1) is 0 Å². The van der Waals surface area contributed by atoms with Crippen LogP contribution in [0.25, 0.3) is 0 Å². The fourth-order valence-corrected chi connectivity index (χ4v) is 8.56. The zero-order valence-electron chi connectivity index (χ0n) is 45.4. The summed E-state index contributed by atoms with van der Waals surface area (Å²) in [6, 6.07) is 0. The zero-order chi connectivity index (χ0) is 49.3. The number of hydrogen-bond acceptors (Lipinski definition) is 6. The molecule has 68 heavy (non-hydrogen) atoms. The van der Waals surface area contributed by atoms with Crippen LogP contribution in [0, 0.1) is 0 Å². The molecule has 0 aliphatic heterocycles. The number of ether oxygens (including phenoxy) is 3. The van der Waals surface area contributed by atoms with Crippen LogP contribution in [0.1, 0.15) is 310 Å². The minimum atomic E-state index is -0.777. The molecule has 0 saturated heterocycles. The van der Waals surface area contributed by atoms with Gasteiger partial charge in [0.25, 0.3) is 0 Å².